The van der Waals surface area contributed by atoms with Crippen molar-refractivity contribution in [3.8, 4) is 0 Å². The van der Waals surface area contributed by atoms with Crippen molar-refractivity contribution in [2.24, 2.45) is 0 Å². The zero-order chi connectivity index (χ0) is 13.0. The molecule has 0 saturated carbocycles. The van der Waals surface area contributed by atoms with Crippen LogP contribution in [-0.4, -0.2) is 49.7 Å². The maximum atomic E-state index is 11.9. The molecule has 0 aromatic carbocycles. The fraction of sp³-hybridized carbons (Fsp3) is 0.700. The van der Waals surface area contributed by atoms with Gasteiger partial charge in [-0.1, -0.05) is 6.42 Å². The minimum absolute atomic E-state index is 0.0149. The number of sulfonamides is 1. The summed E-state index contributed by atoms with van der Waals surface area (Å²) in [5.74, 6) is 0.0699. The summed E-state index contributed by atoms with van der Waals surface area (Å²) in [6.07, 6.45) is 4.88. The van der Waals surface area contributed by atoms with Gasteiger partial charge in [-0.15, -0.1) is 0 Å². The Morgan fingerprint density at radius 2 is 2.11 bits per heavy atom. The van der Waals surface area contributed by atoms with Gasteiger partial charge in [-0.05, 0) is 25.9 Å². The molecule has 8 heteroatoms. The molecule has 4 N–H and O–H groups in total. The fourth-order valence-electron chi connectivity index (χ4n) is 2.10. The number of piperidine rings is 1. The van der Waals surface area contributed by atoms with E-state index in [9.17, 15) is 8.42 Å². The molecule has 0 spiro atoms. The molecule has 18 heavy (non-hydrogen) atoms. The number of nitrogens with zero attached hydrogens (tertiary/aromatic N) is 2. The van der Waals surface area contributed by atoms with E-state index in [1.807, 2.05) is 0 Å². The summed E-state index contributed by atoms with van der Waals surface area (Å²) >= 11 is 0. The van der Waals surface area contributed by atoms with E-state index in [0.717, 1.165) is 19.6 Å². The Kier molecular flexibility index (Phi) is 4.20. The second-order valence-electron chi connectivity index (χ2n) is 4.45. The Bertz CT molecular complexity index is 478. The first-order valence-corrected chi connectivity index (χ1v) is 7.59. The largest absolute Gasteiger partial charge is 0.383 e. The number of aromatic nitrogens is 2. The van der Waals surface area contributed by atoms with E-state index in [1.54, 1.807) is 0 Å². The molecule has 0 amide bonds. The van der Waals surface area contributed by atoms with Crippen molar-refractivity contribution in [3.63, 3.8) is 0 Å². The van der Waals surface area contributed by atoms with Crippen molar-refractivity contribution in [2.75, 3.05) is 31.9 Å². The molecule has 0 bridgehead atoms. The lowest BCUT2D eigenvalue weighted by atomic mass is 10.1. The summed E-state index contributed by atoms with van der Waals surface area (Å²) in [5, 5.41) is 6.02. The van der Waals surface area contributed by atoms with E-state index in [2.05, 4.69) is 19.8 Å². The number of anilines is 1. The van der Waals surface area contributed by atoms with Crippen LogP contribution in [0.15, 0.2) is 11.1 Å². The second kappa shape index (κ2) is 5.68. The van der Waals surface area contributed by atoms with Gasteiger partial charge in [0.05, 0.1) is 6.20 Å². The predicted octanol–water partition coefficient (Wildman–Crippen LogP) is -0.244. The molecule has 1 aliphatic heterocycles. The minimum atomic E-state index is -3.54. The van der Waals surface area contributed by atoms with Crippen molar-refractivity contribution in [1.82, 2.24) is 19.8 Å². The standard InChI is InChI=1S/C10H19N5O2S/c11-10-9(8-12-14-10)18(16,17)13-4-7-15-5-2-1-3-6-15/h8,13H,1-7H2,(H3,11,12,14). The SMILES string of the molecule is Nc1[nH]ncc1S(=O)(=O)NCCN1CCCCC1. The Balaban J connectivity index is 1.84. The molecule has 2 rings (SSSR count). The summed E-state index contributed by atoms with van der Waals surface area (Å²) in [6.45, 7) is 3.23. The molecule has 1 aromatic heterocycles. The van der Waals surface area contributed by atoms with Crippen LogP contribution in [0.2, 0.25) is 0 Å². The number of nitrogen functional groups attached to an aromatic ring is 1. The average Bonchev–Trinajstić information content (AvgIpc) is 2.77. The zero-order valence-corrected chi connectivity index (χ0v) is 11.0. The molecule has 1 fully saturated rings. The van der Waals surface area contributed by atoms with Gasteiger partial charge >= 0.3 is 0 Å². The van der Waals surface area contributed by atoms with E-state index in [1.165, 1.54) is 25.5 Å². The first-order chi connectivity index (χ1) is 8.59. The third-order valence-corrected chi connectivity index (χ3v) is 4.58. The fourth-order valence-corrected chi connectivity index (χ4v) is 3.14. The monoisotopic (exact) mass is 273 g/mol. The van der Waals surface area contributed by atoms with Crippen molar-refractivity contribution in [3.05, 3.63) is 6.20 Å². The van der Waals surface area contributed by atoms with Crippen LogP contribution < -0.4 is 10.5 Å². The van der Waals surface area contributed by atoms with Crippen LogP contribution in [0.1, 0.15) is 19.3 Å². The van der Waals surface area contributed by atoms with Gasteiger partial charge in [0.25, 0.3) is 0 Å². The quantitative estimate of drug-likeness (QED) is 0.686. The van der Waals surface area contributed by atoms with E-state index in [0.29, 0.717) is 6.54 Å². The smallest absolute Gasteiger partial charge is 0.245 e. The first-order valence-electron chi connectivity index (χ1n) is 6.10. The topological polar surface area (TPSA) is 104 Å². The highest BCUT2D eigenvalue weighted by Gasteiger charge is 2.19. The molecule has 7 nitrogen and oxygen atoms in total. The van der Waals surface area contributed by atoms with Gasteiger partial charge in [-0.25, -0.2) is 13.1 Å². The highest BCUT2D eigenvalue weighted by molar-refractivity contribution is 7.89. The summed E-state index contributed by atoms with van der Waals surface area (Å²) in [7, 11) is -3.54. The van der Waals surface area contributed by atoms with Gasteiger partial charge in [0.15, 0.2) is 0 Å². The Labute approximate surface area is 107 Å². The number of hydrogen-bond donors (Lipinski definition) is 3. The average molecular weight is 273 g/mol. The normalized spacial score (nSPS) is 18.0. The minimum Gasteiger partial charge on any atom is -0.383 e. The summed E-state index contributed by atoms with van der Waals surface area (Å²) in [5.41, 5.74) is 5.49. The van der Waals surface area contributed by atoms with E-state index in [-0.39, 0.29) is 10.7 Å². The molecule has 0 aliphatic carbocycles. The summed E-state index contributed by atoms with van der Waals surface area (Å²) in [6, 6.07) is 0. The number of rotatable bonds is 5. The number of nitrogens with one attached hydrogen (secondary N) is 2. The molecule has 0 unspecified atom stereocenters. The molecule has 1 aliphatic rings. The Hall–Kier alpha value is -1.12. The lowest BCUT2D eigenvalue weighted by molar-refractivity contribution is 0.233. The summed E-state index contributed by atoms with van der Waals surface area (Å²) < 4.78 is 26.3. The van der Waals surface area contributed by atoms with Crippen LogP contribution in [0, 0.1) is 0 Å². The number of aromatic amines is 1. The molecule has 1 saturated heterocycles. The van der Waals surface area contributed by atoms with Gasteiger partial charge in [0, 0.05) is 13.1 Å². The van der Waals surface area contributed by atoms with E-state index in [4.69, 9.17) is 5.73 Å². The van der Waals surface area contributed by atoms with Crippen LogP contribution in [0.5, 0.6) is 0 Å². The van der Waals surface area contributed by atoms with Crippen LogP contribution in [0.4, 0.5) is 5.82 Å². The van der Waals surface area contributed by atoms with Gasteiger partial charge in [-0.3, -0.25) is 5.10 Å². The Morgan fingerprint density at radius 3 is 2.72 bits per heavy atom. The maximum Gasteiger partial charge on any atom is 0.245 e. The van der Waals surface area contributed by atoms with Gasteiger partial charge in [0.1, 0.15) is 10.7 Å². The van der Waals surface area contributed by atoms with Gasteiger partial charge in [-0.2, -0.15) is 5.10 Å². The van der Waals surface area contributed by atoms with Crippen LogP contribution in [-0.2, 0) is 10.0 Å². The third-order valence-electron chi connectivity index (χ3n) is 3.09. The van der Waals surface area contributed by atoms with E-state index < -0.39 is 10.0 Å². The molecule has 2 heterocycles. The number of nitrogens with two attached hydrogens (primary N) is 1. The third kappa shape index (κ3) is 3.21. The summed E-state index contributed by atoms with van der Waals surface area (Å²) in [4.78, 5) is 2.28. The highest BCUT2D eigenvalue weighted by atomic mass is 32.2. The van der Waals surface area contributed by atoms with Crippen LogP contribution in [0.3, 0.4) is 0 Å². The number of likely N-dealkylation sites (tertiary alicyclic amines) is 1. The van der Waals surface area contributed by atoms with Crippen LogP contribution >= 0.6 is 0 Å². The molecular weight excluding hydrogens is 254 g/mol. The van der Waals surface area contributed by atoms with Crippen molar-refractivity contribution in [1.29, 1.82) is 0 Å². The molecule has 0 radical (unpaired) electrons. The number of H-pyrrole nitrogens is 1. The molecule has 0 atom stereocenters. The molecular formula is C10H19N5O2S. The zero-order valence-electron chi connectivity index (χ0n) is 10.2. The van der Waals surface area contributed by atoms with Gasteiger partial charge in [0.2, 0.25) is 10.0 Å². The van der Waals surface area contributed by atoms with Crippen molar-refractivity contribution < 1.29 is 8.42 Å². The first kappa shape index (κ1) is 13.3. The van der Waals surface area contributed by atoms with Crippen molar-refractivity contribution in [2.45, 2.75) is 24.2 Å². The Morgan fingerprint density at radius 1 is 1.39 bits per heavy atom. The molecule has 1 aromatic rings. The number of hydrogen-bond acceptors (Lipinski definition) is 5. The maximum absolute atomic E-state index is 11.9. The van der Waals surface area contributed by atoms with Gasteiger partial charge < -0.3 is 10.6 Å². The van der Waals surface area contributed by atoms with Crippen molar-refractivity contribution >= 4 is 15.8 Å². The van der Waals surface area contributed by atoms with Crippen LogP contribution in [0.25, 0.3) is 0 Å². The molecule has 102 valence electrons. The van der Waals surface area contributed by atoms with E-state index >= 15 is 0 Å². The lowest BCUT2D eigenvalue weighted by Gasteiger charge is -2.26. The highest BCUT2D eigenvalue weighted by Crippen LogP contribution is 2.13. The predicted molar refractivity (Wildman–Crippen MR) is 68.5 cm³/mol. The second-order valence-corrected chi connectivity index (χ2v) is 6.18. The lowest BCUT2D eigenvalue weighted by Crippen LogP contribution is -2.37.